The average molecular weight is 294 g/mol. The Balaban J connectivity index is 2.09. The summed E-state index contributed by atoms with van der Waals surface area (Å²) in [6.45, 7) is 7.55. The van der Waals surface area contributed by atoms with Gasteiger partial charge in [-0.25, -0.2) is 4.98 Å². The summed E-state index contributed by atoms with van der Waals surface area (Å²) in [5.74, 6) is 0. The molecule has 104 valence electrons. The maximum absolute atomic E-state index is 4.84. The Hall–Kier alpha value is -0.710. The molecule has 2 aromatic heterocycles. The SMILES string of the molecule is CCCc1nc(Cc2cccs2)sc1CNC(C)C. The van der Waals surface area contributed by atoms with E-state index in [1.54, 1.807) is 0 Å². The molecule has 0 aliphatic carbocycles. The molecule has 2 rings (SSSR count). The fourth-order valence-corrected chi connectivity index (χ4v) is 3.83. The van der Waals surface area contributed by atoms with Gasteiger partial charge in [0, 0.05) is 28.8 Å². The quantitative estimate of drug-likeness (QED) is 0.826. The number of thiophene rings is 1. The highest BCUT2D eigenvalue weighted by Gasteiger charge is 2.11. The molecule has 2 aromatic rings. The highest BCUT2D eigenvalue weighted by Crippen LogP contribution is 2.24. The number of rotatable bonds is 7. The molecule has 1 N–H and O–H groups in total. The topological polar surface area (TPSA) is 24.9 Å². The molecule has 4 heteroatoms. The number of hydrogen-bond donors (Lipinski definition) is 1. The van der Waals surface area contributed by atoms with E-state index in [1.165, 1.54) is 20.5 Å². The average Bonchev–Trinajstić information content (AvgIpc) is 2.98. The summed E-state index contributed by atoms with van der Waals surface area (Å²) >= 11 is 3.69. The first-order valence-corrected chi connectivity index (χ1v) is 8.62. The van der Waals surface area contributed by atoms with Crippen molar-refractivity contribution in [2.24, 2.45) is 0 Å². The second kappa shape index (κ2) is 7.17. The summed E-state index contributed by atoms with van der Waals surface area (Å²) in [6, 6.07) is 4.83. The third kappa shape index (κ3) is 4.41. The minimum atomic E-state index is 0.525. The van der Waals surface area contributed by atoms with Crippen molar-refractivity contribution >= 4 is 22.7 Å². The number of hydrogen-bond acceptors (Lipinski definition) is 4. The zero-order valence-electron chi connectivity index (χ0n) is 11.9. The number of thiazole rings is 1. The Labute approximate surface area is 123 Å². The number of nitrogens with zero attached hydrogens (tertiary/aromatic N) is 1. The van der Waals surface area contributed by atoms with E-state index in [4.69, 9.17) is 4.98 Å². The molecular weight excluding hydrogens is 272 g/mol. The lowest BCUT2D eigenvalue weighted by Gasteiger charge is -2.07. The fourth-order valence-electron chi connectivity index (χ4n) is 1.94. The first kappa shape index (κ1) is 14.7. The van der Waals surface area contributed by atoms with Crippen LogP contribution >= 0.6 is 22.7 Å². The first-order chi connectivity index (χ1) is 9.19. The van der Waals surface area contributed by atoms with Crippen molar-refractivity contribution in [3.05, 3.63) is 38.0 Å². The minimum Gasteiger partial charge on any atom is -0.310 e. The molecule has 0 fully saturated rings. The van der Waals surface area contributed by atoms with Crippen LogP contribution in [0, 0.1) is 0 Å². The molecule has 2 nitrogen and oxygen atoms in total. The highest BCUT2D eigenvalue weighted by molar-refractivity contribution is 7.12. The van der Waals surface area contributed by atoms with Gasteiger partial charge in [-0.1, -0.05) is 33.3 Å². The fraction of sp³-hybridized carbons (Fsp3) is 0.533. The Bertz CT molecular complexity index is 486. The Morgan fingerprint density at radius 2 is 2.21 bits per heavy atom. The Kier molecular flexibility index (Phi) is 5.55. The van der Waals surface area contributed by atoms with E-state index in [-0.39, 0.29) is 0 Å². The van der Waals surface area contributed by atoms with Gasteiger partial charge in [0.1, 0.15) is 0 Å². The normalized spacial score (nSPS) is 11.4. The molecule has 0 aliphatic heterocycles. The van der Waals surface area contributed by atoms with Crippen LogP contribution in [-0.2, 0) is 19.4 Å². The molecule has 0 spiro atoms. The summed E-state index contributed by atoms with van der Waals surface area (Å²) in [4.78, 5) is 7.66. The van der Waals surface area contributed by atoms with E-state index in [1.807, 2.05) is 22.7 Å². The predicted molar refractivity (Wildman–Crippen MR) is 85.2 cm³/mol. The van der Waals surface area contributed by atoms with Crippen LogP contribution in [-0.4, -0.2) is 11.0 Å². The van der Waals surface area contributed by atoms with Crippen LogP contribution in [0.4, 0.5) is 0 Å². The lowest BCUT2D eigenvalue weighted by atomic mass is 10.2. The predicted octanol–water partition coefficient (Wildman–Crippen LogP) is 4.25. The van der Waals surface area contributed by atoms with Crippen molar-refractivity contribution in [2.45, 2.75) is 52.6 Å². The van der Waals surface area contributed by atoms with Crippen LogP contribution in [0.2, 0.25) is 0 Å². The second-order valence-corrected chi connectivity index (χ2v) is 7.22. The van der Waals surface area contributed by atoms with Crippen LogP contribution in [0.3, 0.4) is 0 Å². The lowest BCUT2D eigenvalue weighted by molar-refractivity contribution is 0.589. The molecule has 0 aromatic carbocycles. The third-order valence-corrected chi connectivity index (χ3v) is 4.86. The maximum atomic E-state index is 4.84. The molecule has 19 heavy (non-hydrogen) atoms. The van der Waals surface area contributed by atoms with E-state index in [2.05, 4.69) is 43.6 Å². The van der Waals surface area contributed by atoms with Crippen LogP contribution in [0.1, 0.15) is 47.6 Å². The molecule has 0 bridgehead atoms. The minimum absolute atomic E-state index is 0.525. The monoisotopic (exact) mass is 294 g/mol. The van der Waals surface area contributed by atoms with E-state index >= 15 is 0 Å². The number of aromatic nitrogens is 1. The largest absolute Gasteiger partial charge is 0.310 e. The van der Waals surface area contributed by atoms with Crippen LogP contribution < -0.4 is 5.32 Å². The first-order valence-electron chi connectivity index (χ1n) is 6.92. The van der Waals surface area contributed by atoms with Gasteiger partial charge in [-0.2, -0.15) is 0 Å². The highest BCUT2D eigenvalue weighted by atomic mass is 32.1. The van der Waals surface area contributed by atoms with Gasteiger partial charge in [0.25, 0.3) is 0 Å². The number of nitrogens with one attached hydrogen (secondary N) is 1. The van der Waals surface area contributed by atoms with Crippen molar-refractivity contribution in [1.29, 1.82) is 0 Å². The molecule has 0 aliphatic rings. The van der Waals surface area contributed by atoms with Gasteiger partial charge in [0.05, 0.1) is 10.7 Å². The molecule has 0 amide bonds. The van der Waals surface area contributed by atoms with E-state index < -0.39 is 0 Å². The van der Waals surface area contributed by atoms with E-state index in [0.29, 0.717) is 6.04 Å². The summed E-state index contributed by atoms with van der Waals surface area (Å²) in [6.07, 6.45) is 3.24. The Morgan fingerprint density at radius 1 is 1.37 bits per heavy atom. The standard InChI is InChI=1S/C15H22N2S2/c1-4-6-13-14(10-16-11(2)3)19-15(17-13)9-12-7-5-8-18-12/h5,7-8,11,16H,4,6,9-10H2,1-3H3. The van der Waals surface area contributed by atoms with Crippen molar-refractivity contribution in [1.82, 2.24) is 10.3 Å². The molecule has 0 unspecified atom stereocenters. The molecule has 0 saturated carbocycles. The van der Waals surface area contributed by atoms with Gasteiger partial charge >= 0.3 is 0 Å². The van der Waals surface area contributed by atoms with Gasteiger partial charge in [0.2, 0.25) is 0 Å². The van der Waals surface area contributed by atoms with E-state index in [9.17, 15) is 0 Å². The van der Waals surface area contributed by atoms with E-state index in [0.717, 1.165) is 25.8 Å². The zero-order chi connectivity index (χ0) is 13.7. The Morgan fingerprint density at radius 3 is 2.84 bits per heavy atom. The second-order valence-electron chi connectivity index (χ2n) is 5.02. The third-order valence-electron chi connectivity index (χ3n) is 2.89. The van der Waals surface area contributed by atoms with Gasteiger partial charge in [-0.05, 0) is 17.9 Å². The maximum Gasteiger partial charge on any atom is 0.0983 e. The molecule has 0 radical (unpaired) electrons. The summed E-state index contributed by atoms with van der Waals surface area (Å²) in [5.41, 5.74) is 1.30. The van der Waals surface area contributed by atoms with Gasteiger partial charge in [-0.15, -0.1) is 22.7 Å². The smallest absolute Gasteiger partial charge is 0.0983 e. The summed E-state index contributed by atoms with van der Waals surface area (Å²) in [5, 5.41) is 6.90. The van der Waals surface area contributed by atoms with Crippen LogP contribution in [0.25, 0.3) is 0 Å². The lowest BCUT2D eigenvalue weighted by Crippen LogP contribution is -2.21. The van der Waals surface area contributed by atoms with Gasteiger partial charge < -0.3 is 5.32 Å². The van der Waals surface area contributed by atoms with Crippen LogP contribution in [0.5, 0.6) is 0 Å². The molecule has 2 heterocycles. The van der Waals surface area contributed by atoms with Crippen LogP contribution in [0.15, 0.2) is 17.5 Å². The number of aryl methyl sites for hydroxylation is 1. The zero-order valence-corrected chi connectivity index (χ0v) is 13.5. The van der Waals surface area contributed by atoms with Gasteiger partial charge in [0.15, 0.2) is 0 Å². The van der Waals surface area contributed by atoms with Crippen molar-refractivity contribution in [3.8, 4) is 0 Å². The van der Waals surface area contributed by atoms with Crippen molar-refractivity contribution in [3.63, 3.8) is 0 Å². The van der Waals surface area contributed by atoms with Crippen molar-refractivity contribution < 1.29 is 0 Å². The summed E-state index contributed by atoms with van der Waals surface area (Å²) in [7, 11) is 0. The molecule has 0 atom stereocenters. The molecule has 0 saturated heterocycles. The summed E-state index contributed by atoms with van der Waals surface area (Å²) < 4.78 is 0. The molecular formula is C15H22N2S2. The van der Waals surface area contributed by atoms with Crippen molar-refractivity contribution in [2.75, 3.05) is 0 Å². The van der Waals surface area contributed by atoms with Gasteiger partial charge in [-0.3, -0.25) is 0 Å².